The topological polar surface area (TPSA) is 92.8 Å². The van der Waals surface area contributed by atoms with Crippen molar-refractivity contribution in [1.29, 1.82) is 0 Å². The van der Waals surface area contributed by atoms with Crippen LogP contribution in [0.5, 0.6) is 0 Å². The highest BCUT2D eigenvalue weighted by Gasteiger charge is 2.31. The van der Waals surface area contributed by atoms with Crippen molar-refractivity contribution in [2.75, 3.05) is 25.5 Å². The Morgan fingerprint density at radius 1 is 1.16 bits per heavy atom. The van der Waals surface area contributed by atoms with Crippen LogP contribution >= 0.6 is 11.6 Å². The van der Waals surface area contributed by atoms with Crippen LogP contribution in [0.4, 0.5) is 5.69 Å². The number of methoxy groups -OCH3 is 1. The lowest BCUT2D eigenvalue weighted by Gasteiger charge is -2.30. The molecule has 0 aromatic heterocycles. The lowest BCUT2D eigenvalue weighted by molar-refractivity contribution is -0.120. The van der Waals surface area contributed by atoms with Crippen LogP contribution in [0.25, 0.3) is 0 Å². The third-order valence-electron chi connectivity index (χ3n) is 5.45. The van der Waals surface area contributed by atoms with Gasteiger partial charge in [0.1, 0.15) is 0 Å². The van der Waals surface area contributed by atoms with Crippen molar-refractivity contribution in [3.8, 4) is 0 Å². The molecule has 0 spiro atoms. The molecular weight excluding hydrogens is 440 g/mol. The van der Waals surface area contributed by atoms with Gasteiger partial charge in [-0.2, -0.15) is 0 Å². The SMILES string of the molecule is COC(=O)c1cccc(NC(=O)C2CCN(S(=O)(=O)Cc3cccc(Cl)c3)CC2)c1C. The van der Waals surface area contributed by atoms with Crippen LogP contribution in [-0.2, 0) is 25.3 Å². The highest BCUT2D eigenvalue weighted by Crippen LogP contribution is 2.25. The van der Waals surface area contributed by atoms with E-state index in [0.29, 0.717) is 40.2 Å². The number of benzene rings is 2. The summed E-state index contributed by atoms with van der Waals surface area (Å²) in [6.45, 7) is 2.30. The molecule has 0 radical (unpaired) electrons. The van der Waals surface area contributed by atoms with E-state index in [4.69, 9.17) is 16.3 Å². The number of anilines is 1. The van der Waals surface area contributed by atoms with Crippen LogP contribution in [-0.4, -0.2) is 44.8 Å². The summed E-state index contributed by atoms with van der Waals surface area (Å²) >= 11 is 5.95. The standard InChI is InChI=1S/C22H25ClN2O5S/c1-15-19(22(27)30-2)7-4-8-20(15)24-21(26)17-9-11-25(12-10-17)31(28,29)14-16-5-3-6-18(23)13-16/h3-8,13,17H,9-12,14H2,1-2H3,(H,24,26). The van der Waals surface area contributed by atoms with Gasteiger partial charge in [-0.1, -0.05) is 29.8 Å². The number of nitrogens with one attached hydrogen (secondary N) is 1. The molecule has 1 N–H and O–H groups in total. The van der Waals surface area contributed by atoms with E-state index in [1.807, 2.05) is 0 Å². The fourth-order valence-electron chi connectivity index (χ4n) is 3.66. The molecule has 1 aliphatic heterocycles. The zero-order valence-electron chi connectivity index (χ0n) is 17.4. The van der Waals surface area contributed by atoms with Crippen LogP contribution in [0, 0.1) is 12.8 Å². The number of hydrogen-bond acceptors (Lipinski definition) is 5. The number of nitrogens with zero attached hydrogens (tertiary/aromatic N) is 1. The number of carbonyl (C=O) groups is 2. The number of piperidine rings is 1. The van der Waals surface area contributed by atoms with E-state index >= 15 is 0 Å². The first kappa shape index (κ1) is 23.2. The summed E-state index contributed by atoms with van der Waals surface area (Å²) in [6.07, 6.45) is 0.854. The molecule has 0 unspecified atom stereocenters. The molecule has 7 nitrogen and oxygen atoms in total. The van der Waals surface area contributed by atoms with Gasteiger partial charge in [0.25, 0.3) is 0 Å². The Hall–Kier alpha value is -2.42. The quantitative estimate of drug-likeness (QED) is 0.659. The Morgan fingerprint density at radius 2 is 1.84 bits per heavy atom. The van der Waals surface area contributed by atoms with Crippen molar-refractivity contribution >= 4 is 39.2 Å². The molecule has 0 aliphatic carbocycles. The number of amides is 1. The second kappa shape index (κ2) is 9.80. The molecule has 9 heteroatoms. The van der Waals surface area contributed by atoms with Gasteiger partial charge in [-0.3, -0.25) is 4.79 Å². The van der Waals surface area contributed by atoms with E-state index in [-0.39, 0.29) is 30.7 Å². The van der Waals surface area contributed by atoms with Crippen molar-refractivity contribution in [3.05, 3.63) is 64.2 Å². The third-order valence-corrected chi connectivity index (χ3v) is 7.54. The van der Waals surface area contributed by atoms with Crippen molar-refractivity contribution in [3.63, 3.8) is 0 Å². The van der Waals surface area contributed by atoms with Crippen molar-refractivity contribution in [1.82, 2.24) is 4.31 Å². The maximum absolute atomic E-state index is 12.7. The van der Waals surface area contributed by atoms with E-state index in [1.165, 1.54) is 11.4 Å². The molecule has 1 saturated heterocycles. The van der Waals surface area contributed by atoms with Gasteiger partial charge >= 0.3 is 5.97 Å². The van der Waals surface area contributed by atoms with Crippen LogP contribution in [0.15, 0.2) is 42.5 Å². The normalized spacial score (nSPS) is 15.5. The van der Waals surface area contributed by atoms with Gasteiger partial charge in [0.2, 0.25) is 15.9 Å². The second-order valence-corrected chi connectivity index (χ2v) is 9.92. The molecule has 0 bridgehead atoms. The zero-order chi connectivity index (χ0) is 22.6. The highest BCUT2D eigenvalue weighted by atomic mass is 35.5. The average molecular weight is 465 g/mol. The van der Waals surface area contributed by atoms with E-state index < -0.39 is 16.0 Å². The molecule has 3 rings (SSSR count). The van der Waals surface area contributed by atoms with Gasteiger partial charge in [0.05, 0.1) is 18.4 Å². The van der Waals surface area contributed by atoms with Crippen LogP contribution < -0.4 is 5.32 Å². The minimum absolute atomic E-state index is 0.121. The largest absolute Gasteiger partial charge is 0.465 e. The van der Waals surface area contributed by atoms with Gasteiger partial charge < -0.3 is 10.1 Å². The monoisotopic (exact) mass is 464 g/mol. The number of rotatable bonds is 6. The molecule has 2 aromatic rings. The second-order valence-electron chi connectivity index (χ2n) is 7.52. The average Bonchev–Trinajstić information content (AvgIpc) is 2.74. The summed E-state index contributed by atoms with van der Waals surface area (Å²) in [7, 11) is -2.19. The van der Waals surface area contributed by atoms with Gasteiger partial charge in [-0.15, -0.1) is 0 Å². The lowest BCUT2D eigenvalue weighted by atomic mass is 9.96. The number of sulfonamides is 1. The summed E-state index contributed by atoms with van der Waals surface area (Å²) in [5.74, 6) is -1.08. The molecule has 1 fully saturated rings. The maximum Gasteiger partial charge on any atom is 0.338 e. The maximum atomic E-state index is 12.7. The molecule has 0 atom stereocenters. The van der Waals surface area contributed by atoms with E-state index in [2.05, 4.69) is 5.32 Å². The summed E-state index contributed by atoms with van der Waals surface area (Å²) < 4.78 is 31.7. The van der Waals surface area contributed by atoms with Crippen molar-refractivity contribution in [2.24, 2.45) is 5.92 Å². The lowest BCUT2D eigenvalue weighted by Crippen LogP contribution is -2.41. The van der Waals surface area contributed by atoms with Gasteiger partial charge in [0, 0.05) is 29.7 Å². The molecule has 1 aliphatic rings. The minimum atomic E-state index is -3.49. The van der Waals surface area contributed by atoms with Gasteiger partial charge in [0.15, 0.2) is 0 Å². The fourth-order valence-corrected chi connectivity index (χ4v) is 5.43. The third kappa shape index (κ3) is 5.64. The van der Waals surface area contributed by atoms with Crippen LogP contribution in [0.3, 0.4) is 0 Å². The van der Waals surface area contributed by atoms with E-state index in [0.717, 1.165) is 0 Å². The van der Waals surface area contributed by atoms with Crippen LogP contribution in [0.2, 0.25) is 5.02 Å². The van der Waals surface area contributed by atoms with Gasteiger partial charge in [-0.05, 0) is 55.2 Å². The number of hydrogen-bond donors (Lipinski definition) is 1. The molecule has 1 amide bonds. The first-order valence-corrected chi connectivity index (χ1v) is 11.9. The Kier molecular flexibility index (Phi) is 7.35. The van der Waals surface area contributed by atoms with Crippen molar-refractivity contribution < 1.29 is 22.7 Å². The number of ether oxygens (including phenoxy) is 1. The number of esters is 1. The number of halogens is 1. The highest BCUT2D eigenvalue weighted by molar-refractivity contribution is 7.88. The van der Waals surface area contributed by atoms with Crippen molar-refractivity contribution in [2.45, 2.75) is 25.5 Å². The van der Waals surface area contributed by atoms with E-state index in [9.17, 15) is 18.0 Å². The predicted molar refractivity (Wildman–Crippen MR) is 120 cm³/mol. The smallest absolute Gasteiger partial charge is 0.338 e. The molecular formula is C22H25ClN2O5S. The molecule has 31 heavy (non-hydrogen) atoms. The zero-order valence-corrected chi connectivity index (χ0v) is 19.0. The van der Waals surface area contributed by atoms with Gasteiger partial charge in [-0.25, -0.2) is 17.5 Å². The Morgan fingerprint density at radius 3 is 2.48 bits per heavy atom. The number of carbonyl (C=O) groups excluding carboxylic acids is 2. The Labute approximate surface area is 187 Å². The summed E-state index contributed by atoms with van der Waals surface area (Å²) in [4.78, 5) is 24.6. The molecule has 0 saturated carbocycles. The molecule has 166 valence electrons. The molecule has 2 aromatic carbocycles. The summed E-state index contributed by atoms with van der Waals surface area (Å²) in [5.41, 5.74) is 2.20. The molecule has 1 heterocycles. The first-order chi connectivity index (χ1) is 14.7. The van der Waals surface area contributed by atoms with E-state index in [1.54, 1.807) is 49.4 Å². The Balaban J connectivity index is 1.61. The minimum Gasteiger partial charge on any atom is -0.465 e. The fraction of sp³-hybridized carbons (Fsp3) is 0.364. The Bertz CT molecular complexity index is 1080. The summed E-state index contributed by atoms with van der Waals surface area (Å²) in [5, 5.41) is 3.36. The first-order valence-electron chi connectivity index (χ1n) is 9.92. The predicted octanol–water partition coefficient (Wildman–Crippen LogP) is 3.62. The summed E-state index contributed by atoms with van der Waals surface area (Å²) in [6, 6.07) is 11.8. The van der Waals surface area contributed by atoms with Crippen LogP contribution in [0.1, 0.15) is 34.3 Å².